The van der Waals surface area contributed by atoms with Crippen LogP contribution in [-0.4, -0.2) is 12.6 Å². The van der Waals surface area contributed by atoms with Crippen LogP contribution >= 0.6 is 0 Å². The zero-order chi connectivity index (χ0) is 12.6. The molecule has 0 aliphatic carbocycles. The van der Waals surface area contributed by atoms with E-state index in [0.29, 0.717) is 12.1 Å². The lowest BCUT2D eigenvalue weighted by molar-refractivity contribution is -0.137. The van der Waals surface area contributed by atoms with Crippen LogP contribution < -0.4 is 10.6 Å². The fourth-order valence-corrected chi connectivity index (χ4v) is 2.06. The number of alkyl halides is 3. The predicted molar refractivity (Wildman–Crippen MR) is 60.8 cm³/mol. The smallest absolute Gasteiger partial charge is 0.368 e. The third-order valence-electron chi connectivity index (χ3n) is 3.23. The van der Waals surface area contributed by atoms with Gasteiger partial charge < -0.3 is 10.6 Å². The lowest BCUT2D eigenvalue weighted by Crippen LogP contribution is -2.46. The molecule has 0 spiro atoms. The first-order valence-corrected chi connectivity index (χ1v) is 5.60. The molecule has 0 bridgehead atoms. The predicted octanol–water partition coefficient (Wildman–Crippen LogP) is 2.76. The molecule has 1 atom stereocenters. The highest BCUT2D eigenvalue weighted by Crippen LogP contribution is 2.40. The molecule has 2 rings (SSSR count). The summed E-state index contributed by atoms with van der Waals surface area (Å²) in [6.45, 7) is 2.74. The van der Waals surface area contributed by atoms with E-state index in [4.69, 9.17) is 5.73 Å². The first kappa shape index (κ1) is 12.2. The van der Waals surface area contributed by atoms with Gasteiger partial charge in [-0.25, -0.2) is 0 Å². The van der Waals surface area contributed by atoms with Crippen molar-refractivity contribution in [1.82, 2.24) is 0 Å². The Labute approximate surface area is 98.2 Å². The molecule has 2 nitrogen and oxygen atoms in total. The molecule has 2 N–H and O–H groups in total. The van der Waals surface area contributed by atoms with Crippen molar-refractivity contribution in [1.29, 1.82) is 0 Å². The number of hydrogen-bond acceptors (Lipinski definition) is 2. The van der Waals surface area contributed by atoms with Gasteiger partial charge in [0.05, 0.1) is 5.56 Å². The maximum Gasteiger partial charge on any atom is 0.418 e. The summed E-state index contributed by atoms with van der Waals surface area (Å²) in [5.41, 5.74) is 5.58. The molecule has 1 unspecified atom stereocenters. The van der Waals surface area contributed by atoms with Crippen molar-refractivity contribution >= 4 is 5.69 Å². The fraction of sp³-hybridized carbons (Fsp3) is 0.500. The van der Waals surface area contributed by atoms with Crippen LogP contribution in [0.15, 0.2) is 18.2 Å². The Morgan fingerprint density at radius 2 is 2.12 bits per heavy atom. The summed E-state index contributed by atoms with van der Waals surface area (Å²) in [6.07, 6.45) is -3.38. The van der Waals surface area contributed by atoms with Crippen molar-refractivity contribution in [2.45, 2.75) is 32.1 Å². The summed E-state index contributed by atoms with van der Waals surface area (Å²) in [7, 11) is 0. The summed E-state index contributed by atoms with van der Waals surface area (Å²) >= 11 is 0. The van der Waals surface area contributed by atoms with E-state index in [1.807, 2.05) is 6.92 Å². The molecule has 5 heteroatoms. The molecule has 94 valence electrons. The summed E-state index contributed by atoms with van der Waals surface area (Å²) in [6, 6.07) is 4.52. The van der Waals surface area contributed by atoms with E-state index in [9.17, 15) is 13.2 Å². The van der Waals surface area contributed by atoms with Gasteiger partial charge in [0, 0.05) is 24.8 Å². The second-order valence-electron chi connectivity index (χ2n) is 4.38. The molecule has 1 fully saturated rings. The average Bonchev–Trinajstić information content (AvgIpc) is 2.26. The van der Waals surface area contributed by atoms with Gasteiger partial charge in [0.2, 0.25) is 0 Å². The van der Waals surface area contributed by atoms with E-state index < -0.39 is 11.7 Å². The van der Waals surface area contributed by atoms with E-state index in [2.05, 4.69) is 0 Å². The Morgan fingerprint density at radius 3 is 2.53 bits per heavy atom. The van der Waals surface area contributed by atoms with Crippen molar-refractivity contribution in [2.24, 2.45) is 5.73 Å². The molecular formula is C12H15F3N2. The number of nitrogens with two attached hydrogens (primary N) is 1. The minimum Gasteiger partial charge on any atom is -0.368 e. The summed E-state index contributed by atoms with van der Waals surface area (Å²) in [5, 5.41) is 0. The highest BCUT2D eigenvalue weighted by molar-refractivity contribution is 5.58. The Bertz CT molecular complexity index is 415. The summed E-state index contributed by atoms with van der Waals surface area (Å²) in [4.78, 5) is 1.78. The first-order chi connectivity index (χ1) is 7.93. The minimum absolute atomic E-state index is 0.124. The fourth-order valence-electron chi connectivity index (χ4n) is 2.06. The van der Waals surface area contributed by atoms with E-state index >= 15 is 0 Å². The monoisotopic (exact) mass is 244 g/mol. The van der Waals surface area contributed by atoms with Crippen LogP contribution in [0.5, 0.6) is 0 Å². The van der Waals surface area contributed by atoms with Crippen LogP contribution in [0.25, 0.3) is 0 Å². The number of benzene rings is 1. The van der Waals surface area contributed by atoms with Crippen molar-refractivity contribution in [3.63, 3.8) is 0 Å². The largest absolute Gasteiger partial charge is 0.418 e. The molecule has 1 aromatic rings. The molecule has 1 aliphatic heterocycles. The number of hydrogen-bond donors (Lipinski definition) is 1. The highest BCUT2D eigenvalue weighted by atomic mass is 19.4. The number of halogens is 3. The third-order valence-corrected chi connectivity index (χ3v) is 3.23. The maximum atomic E-state index is 12.9. The first-order valence-electron chi connectivity index (χ1n) is 5.60. The SMILES string of the molecule is CC1CCN1c1ccc(CN)cc1C(F)(F)F. The van der Waals surface area contributed by atoms with E-state index in [0.717, 1.165) is 12.5 Å². The third kappa shape index (κ3) is 2.24. The highest BCUT2D eigenvalue weighted by Gasteiger charge is 2.37. The van der Waals surface area contributed by atoms with Crippen LogP contribution in [0.1, 0.15) is 24.5 Å². The van der Waals surface area contributed by atoms with Gasteiger partial charge in [-0.3, -0.25) is 0 Å². The summed E-state index contributed by atoms with van der Waals surface area (Å²) < 4.78 is 38.8. The number of rotatable bonds is 2. The van der Waals surface area contributed by atoms with E-state index in [1.54, 1.807) is 11.0 Å². The van der Waals surface area contributed by atoms with Gasteiger partial charge in [-0.05, 0) is 31.0 Å². The second-order valence-corrected chi connectivity index (χ2v) is 4.38. The van der Waals surface area contributed by atoms with Crippen molar-refractivity contribution < 1.29 is 13.2 Å². The Hall–Kier alpha value is -1.23. The van der Waals surface area contributed by atoms with Crippen molar-refractivity contribution in [3.8, 4) is 0 Å². The number of anilines is 1. The maximum absolute atomic E-state index is 12.9. The zero-order valence-corrected chi connectivity index (χ0v) is 9.59. The van der Waals surface area contributed by atoms with Crippen molar-refractivity contribution in [3.05, 3.63) is 29.3 Å². The van der Waals surface area contributed by atoms with Crippen LogP contribution in [-0.2, 0) is 12.7 Å². The van der Waals surface area contributed by atoms with E-state index in [-0.39, 0.29) is 18.3 Å². The molecule has 1 saturated heterocycles. The van der Waals surface area contributed by atoms with Gasteiger partial charge in [0.25, 0.3) is 0 Å². The molecule has 1 heterocycles. The summed E-state index contributed by atoms with van der Waals surface area (Å²) in [5.74, 6) is 0. The number of nitrogens with zero attached hydrogens (tertiary/aromatic N) is 1. The van der Waals surface area contributed by atoms with Gasteiger partial charge in [0.15, 0.2) is 0 Å². The van der Waals surface area contributed by atoms with Crippen LogP contribution in [0.2, 0.25) is 0 Å². The molecule has 17 heavy (non-hydrogen) atoms. The van der Waals surface area contributed by atoms with Gasteiger partial charge in [-0.2, -0.15) is 13.2 Å². The quantitative estimate of drug-likeness (QED) is 0.866. The van der Waals surface area contributed by atoms with Gasteiger partial charge >= 0.3 is 6.18 Å². The van der Waals surface area contributed by atoms with Crippen LogP contribution in [0.3, 0.4) is 0 Å². The van der Waals surface area contributed by atoms with E-state index in [1.165, 1.54) is 6.07 Å². The lowest BCUT2D eigenvalue weighted by Gasteiger charge is -2.42. The minimum atomic E-state index is -4.32. The molecule has 1 aromatic carbocycles. The molecular weight excluding hydrogens is 229 g/mol. The Kier molecular flexibility index (Phi) is 3.03. The van der Waals surface area contributed by atoms with Crippen LogP contribution in [0.4, 0.5) is 18.9 Å². The van der Waals surface area contributed by atoms with Gasteiger partial charge in [-0.15, -0.1) is 0 Å². The van der Waals surface area contributed by atoms with Crippen LogP contribution in [0, 0.1) is 0 Å². The topological polar surface area (TPSA) is 29.3 Å². The Balaban J connectivity index is 2.43. The lowest BCUT2D eigenvalue weighted by atomic mass is 9.99. The Morgan fingerprint density at radius 1 is 1.41 bits per heavy atom. The zero-order valence-electron chi connectivity index (χ0n) is 9.59. The van der Waals surface area contributed by atoms with Crippen molar-refractivity contribution in [2.75, 3.05) is 11.4 Å². The van der Waals surface area contributed by atoms with Gasteiger partial charge in [-0.1, -0.05) is 6.07 Å². The average molecular weight is 244 g/mol. The standard InChI is InChI=1S/C12H15F3N2/c1-8-4-5-17(8)11-3-2-9(7-16)6-10(11)12(13,14)15/h2-3,6,8H,4-5,7,16H2,1H3. The normalized spacial score (nSPS) is 20.3. The molecule has 0 saturated carbocycles. The molecule has 0 aromatic heterocycles. The molecule has 1 aliphatic rings. The molecule has 0 radical (unpaired) electrons. The van der Waals surface area contributed by atoms with Gasteiger partial charge in [0.1, 0.15) is 0 Å². The molecule has 0 amide bonds. The second kappa shape index (κ2) is 4.22.